The van der Waals surface area contributed by atoms with Crippen molar-refractivity contribution in [3.8, 4) is 17.0 Å². The molecule has 0 bridgehead atoms. The van der Waals surface area contributed by atoms with Crippen molar-refractivity contribution in [1.82, 2.24) is 14.7 Å². The molecular formula is C23H26FN3O. The van der Waals surface area contributed by atoms with E-state index >= 15 is 0 Å². The zero-order valence-electron chi connectivity index (χ0n) is 16.0. The third kappa shape index (κ3) is 4.78. The second kappa shape index (κ2) is 9.02. The maximum atomic E-state index is 13.3. The molecule has 1 aliphatic rings. The number of halogens is 1. The number of alkyl halides is 1. The summed E-state index contributed by atoms with van der Waals surface area (Å²) in [5, 5.41) is 4.69. The number of nitrogens with zero attached hydrogens (tertiary/aromatic N) is 3. The third-order valence-electron chi connectivity index (χ3n) is 5.19. The molecule has 0 amide bonds. The summed E-state index contributed by atoms with van der Waals surface area (Å²) in [5.41, 5.74) is 3.21. The number of rotatable bonds is 7. The molecule has 0 aliphatic carbocycles. The third-order valence-corrected chi connectivity index (χ3v) is 5.19. The Bertz CT molecular complexity index is 858. The molecule has 0 saturated carbocycles. The number of likely N-dealkylation sites (tertiary alicyclic amines) is 1. The maximum absolute atomic E-state index is 13.3. The van der Waals surface area contributed by atoms with E-state index < -0.39 is 6.17 Å². The van der Waals surface area contributed by atoms with Crippen LogP contribution in [0.25, 0.3) is 11.1 Å². The van der Waals surface area contributed by atoms with E-state index in [-0.39, 0.29) is 0 Å². The van der Waals surface area contributed by atoms with Gasteiger partial charge in [0.15, 0.2) is 0 Å². The zero-order chi connectivity index (χ0) is 19.2. The molecule has 146 valence electrons. The van der Waals surface area contributed by atoms with Gasteiger partial charge in [-0.25, -0.2) is 4.39 Å². The fourth-order valence-corrected chi connectivity index (χ4v) is 3.54. The monoisotopic (exact) mass is 379 g/mol. The standard InChI is InChI=1S/C23H26FN3O/c24-21-11-13-26(14-12-21)15-16-27-17-22(20-9-5-2-6-10-20)23(25-27)28-18-19-7-3-1-4-8-19/h1-10,17,21H,11-16,18H2. The first-order valence-corrected chi connectivity index (χ1v) is 9.94. The minimum absolute atomic E-state index is 0.488. The molecule has 0 spiro atoms. The second-order valence-corrected chi connectivity index (χ2v) is 7.27. The molecular weight excluding hydrogens is 353 g/mol. The van der Waals surface area contributed by atoms with Gasteiger partial charge in [-0.15, -0.1) is 5.10 Å². The summed E-state index contributed by atoms with van der Waals surface area (Å²) in [7, 11) is 0. The minimum atomic E-state index is -0.636. The lowest BCUT2D eigenvalue weighted by Gasteiger charge is -2.28. The fraction of sp³-hybridized carbons (Fsp3) is 0.348. The molecule has 2 aromatic carbocycles. The van der Waals surface area contributed by atoms with Crippen LogP contribution in [0.1, 0.15) is 18.4 Å². The van der Waals surface area contributed by atoms with Crippen LogP contribution in [0.15, 0.2) is 66.9 Å². The van der Waals surface area contributed by atoms with Gasteiger partial charge in [0.2, 0.25) is 5.88 Å². The molecule has 5 heteroatoms. The highest BCUT2D eigenvalue weighted by atomic mass is 19.1. The van der Waals surface area contributed by atoms with Crippen molar-refractivity contribution >= 4 is 0 Å². The molecule has 0 radical (unpaired) electrons. The van der Waals surface area contributed by atoms with E-state index in [1.807, 2.05) is 53.2 Å². The van der Waals surface area contributed by atoms with Crippen LogP contribution in [-0.4, -0.2) is 40.5 Å². The van der Waals surface area contributed by atoms with E-state index in [1.165, 1.54) is 0 Å². The quantitative estimate of drug-likeness (QED) is 0.603. The lowest BCUT2D eigenvalue weighted by molar-refractivity contribution is 0.145. The van der Waals surface area contributed by atoms with E-state index in [0.29, 0.717) is 25.3 Å². The van der Waals surface area contributed by atoms with Gasteiger partial charge in [-0.05, 0) is 24.0 Å². The van der Waals surface area contributed by atoms with Gasteiger partial charge in [0.1, 0.15) is 12.8 Å². The van der Waals surface area contributed by atoms with Crippen molar-refractivity contribution in [3.63, 3.8) is 0 Å². The van der Waals surface area contributed by atoms with Gasteiger partial charge in [0, 0.05) is 25.8 Å². The molecule has 28 heavy (non-hydrogen) atoms. The molecule has 1 aromatic heterocycles. The lowest BCUT2D eigenvalue weighted by atomic mass is 10.1. The summed E-state index contributed by atoms with van der Waals surface area (Å²) in [5.74, 6) is 0.650. The molecule has 1 aliphatic heterocycles. The van der Waals surface area contributed by atoms with Crippen molar-refractivity contribution in [3.05, 3.63) is 72.4 Å². The number of piperidine rings is 1. The second-order valence-electron chi connectivity index (χ2n) is 7.27. The Balaban J connectivity index is 1.47. The first-order chi connectivity index (χ1) is 13.8. The Hall–Kier alpha value is -2.66. The SMILES string of the molecule is FC1CCN(CCn2cc(-c3ccccc3)c(OCc3ccccc3)n2)CC1. The van der Waals surface area contributed by atoms with Crippen molar-refractivity contribution in [1.29, 1.82) is 0 Å². The number of hydrogen-bond donors (Lipinski definition) is 0. The van der Waals surface area contributed by atoms with E-state index in [2.05, 4.69) is 23.2 Å². The Labute approximate surface area is 165 Å². The first-order valence-electron chi connectivity index (χ1n) is 9.94. The molecule has 4 nitrogen and oxygen atoms in total. The van der Waals surface area contributed by atoms with Crippen LogP contribution < -0.4 is 4.74 Å². The van der Waals surface area contributed by atoms with Gasteiger partial charge in [-0.2, -0.15) is 0 Å². The summed E-state index contributed by atoms with van der Waals surface area (Å²) in [6, 6.07) is 20.3. The molecule has 1 saturated heterocycles. The number of ether oxygens (including phenoxy) is 1. The van der Waals surface area contributed by atoms with Crippen LogP contribution in [0.5, 0.6) is 5.88 Å². The summed E-state index contributed by atoms with van der Waals surface area (Å²) < 4.78 is 21.3. The van der Waals surface area contributed by atoms with Crippen LogP contribution in [0, 0.1) is 0 Å². The van der Waals surface area contributed by atoms with Gasteiger partial charge in [0.25, 0.3) is 0 Å². The molecule has 1 fully saturated rings. The molecule has 4 rings (SSSR count). The number of benzene rings is 2. The number of aromatic nitrogens is 2. The highest BCUT2D eigenvalue weighted by molar-refractivity contribution is 5.67. The van der Waals surface area contributed by atoms with Crippen molar-refractivity contribution in [2.45, 2.75) is 32.2 Å². The zero-order valence-corrected chi connectivity index (χ0v) is 16.0. The van der Waals surface area contributed by atoms with E-state index in [0.717, 1.165) is 42.9 Å². The van der Waals surface area contributed by atoms with Crippen LogP contribution in [0.4, 0.5) is 4.39 Å². The Morgan fingerprint density at radius 1 is 0.929 bits per heavy atom. The summed E-state index contributed by atoms with van der Waals surface area (Å²) >= 11 is 0. The van der Waals surface area contributed by atoms with Crippen molar-refractivity contribution in [2.24, 2.45) is 0 Å². The van der Waals surface area contributed by atoms with Gasteiger partial charge in [-0.1, -0.05) is 60.7 Å². The smallest absolute Gasteiger partial charge is 0.241 e. The van der Waals surface area contributed by atoms with Crippen LogP contribution in [0.3, 0.4) is 0 Å². The van der Waals surface area contributed by atoms with E-state index in [1.54, 1.807) is 0 Å². The highest BCUT2D eigenvalue weighted by Gasteiger charge is 2.19. The van der Waals surface area contributed by atoms with Crippen molar-refractivity contribution < 1.29 is 9.13 Å². The molecule has 0 N–H and O–H groups in total. The molecule has 0 atom stereocenters. The summed E-state index contributed by atoms with van der Waals surface area (Å²) in [6.45, 7) is 3.78. The lowest BCUT2D eigenvalue weighted by Crippen LogP contribution is -2.36. The van der Waals surface area contributed by atoms with Crippen molar-refractivity contribution in [2.75, 3.05) is 19.6 Å². The molecule has 3 aromatic rings. The van der Waals surface area contributed by atoms with Crippen LogP contribution in [0.2, 0.25) is 0 Å². The highest BCUT2D eigenvalue weighted by Crippen LogP contribution is 2.29. The summed E-state index contributed by atoms with van der Waals surface area (Å²) in [6.07, 6.45) is 2.70. The van der Waals surface area contributed by atoms with Crippen LogP contribution in [-0.2, 0) is 13.2 Å². The Morgan fingerprint density at radius 2 is 1.61 bits per heavy atom. The molecule has 2 heterocycles. The predicted molar refractivity (Wildman–Crippen MR) is 109 cm³/mol. The summed E-state index contributed by atoms with van der Waals surface area (Å²) in [4.78, 5) is 2.31. The van der Waals surface area contributed by atoms with Crippen LogP contribution >= 0.6 is 0 Å². The van der Waals surface area contributed by atoms with Gasteiger partial charge in [0.05, 0.1) is 12.1 Å². The average molecular weight is 379 g/mol. The first kappa shape index (κ1) is 18.7. The molecule has 0 unspecified atom stereocenters. The fourth-order valence-electron chi connectivity index (χ4n) is 3.54. The largest absolute Gasteiger partial charge is 0.471 e. The van der Waals surface area contributed by atoms with Gasteiger partial charge >= 0.3 is 0 Å². The average Bonchev–Trinajstić information content (AvgIpc) is 3.16. The van der Waals surface area contributed by atoms with E-state index in [4.69, 9.17) is 9.84 Å². The maximum Gasteiger partial charge on any atom is 0.241 e. The predicted octanol–water partition coefficient (Wildman–Crippen LogP) is 4.56. The number of hydrogen-bond acceptors (Lipinski definition) is 3. The minimum Gasteiger partial charge on any atom is -0.471 e. The van der Waals surface area contributed by atoms with E-state index in [9.17, 15) is 4.39 Å². The topological polar surface area (TPSA) is 30.3 Å². The van der Waals surface area contributed by atoms with Gasteiger partial charge < -0.3 is 9.64 Å². The Kier molecular flexibility index (Phi) is 6.02. The normalized spacial score (nSPS) is 15.6. The van der Waals surface area contributed by atoms with Gasteiger partial charge in [-0.3, -0.25) is 4.68 Å². The Morgan fingerprint density at radius 3 is 2.32 bits per heavy atom.